The van der Waals surface area contributed by atoms with Gasteiger partial charge in [0.15, 0.2) is 0 Å². The van der Waals surface area contributed by atoms with Crippen molar-refractivity contribution in [3.05, 3.63) is 52.2 Å². The Kier molecular flexibility index (Phi) is 3.49. The average Bonchev–Trinajstić information content (AvgIpc) is 2.87. The fourth-order valence-corrected chi connectivity index (χ4v) is 2.86. The zero-order valence-electron chi connectivity index (χ0n) is 11.1. The van der Waals surface area contributed by atoms with Gasteiger partial charge in [0.2, 0.25) is 0 Å². The van der Waals surface area contributed by atoms with E-state index in [0.717, 1.165) is 36.3 Å². The summed E-state index contributed by atoms with van der Waals surface area (Å²) in [5.41, 5.74) is 2.27. The maximum absolute atomic E-state index is 12.3. The number of nitrogens with one attached hydrogen (secondary N) is 1. The van der Waals surface area contributed by atoms with Gasteiger partial charge in [-0.05, 0) is 31.9 Å². The van der Waals surface area contributed by atoms with Gasteiger partial charge in [0.25, 0.3) is 5.91 Å². The second-order valence-electron chi connectivity index (χ2n) is 5.02. The molecule has 1 unspecified atom stereocenters. The molecule has 1 N–H and O–H groups in total. The normalized spacial score (nSPS) is 17.6. The SMILES string of the molecule is Cc1cc(Cl)c(C(=O)NC2CCCc3occc32)cn1. The Labute approximate surface area is 122 Å². The van der Waals surface area contributed by atoms with Crippen LogP contribution in [0.15, 0.2) is 29.0 Å². The van der Waals surface area contributed by atoms with Crippen LogP contribution in [0.1, 0.15) is 46.3 Å². The predicted molar refractivity (Wildman–Crippen MR) is 75.8 cm³/mol. The molecule has 1 aliphatic carbocycles. The van der Waals surface area contributed by atoms with Gasteiger partial charge in [-0.2, -0.15) is 0 Å². The third kappa shape index (κ3) is 2.43. The van der Waals surface area contributed by atoms with E-state index in [1.165, 1.54) is 6.20 Å². The number of carbonyl (C=O) groups is 1. The lowest BCUT2D eigenvalue weighted by atomic mass is 9.93. The third-order valence-electron chi connectivity index (χ3n) is 3.59. The number of pyridine rings is 1. The van der Waals surface area contributed by atoms with Crippen LogP contribution in [0.3, 0.4) is 0 Å². The smallest absolute Gasteiger partial charge is 0.254 e. The van der Waals surface area contributed by atoms with Crippen LogP contribution >= 0.6 is 11.6 Å². The highest BCUT2D eigenvalue weighted by molar-refractivity contribution is 6.33. The Morgan fingerprint density at radius 2 is 2.40 bits per heavy atom. The number of furan rings is 1. The second-order valence-corrected chi connectivity index (χ2v) is 5.43. The number of carbonyl (C=O) groups excluding carboxylic acids is 1. The number of aromatic nitrogens is 1. The number of nitrogens with zero attached hydrogens (tertiary/aromatic N) is 1. The van der Waals surface area contributed by atoms with Crippen molar-refractivity contribution in [1.82, 2.24) is 10.3 Å². The molecule has 0 radical (unpaired) electrons. The minimum absolute atomic E-state index is 0.0117. The minimum Gasteiger partial charge on any atom is -0.469 e. The molecular weight excluding hydrogens is 276 g/mol. The van der Waals surface area contributed by atoms with E-state index in [9.17, 15) is 4.79 Å². The molecule has 104 valence electrons. The molecule has 5 heteroatoms. The van der Waals surface area contributed by atoms with Crippen molar-refractivity contribution in [2.45, 2.75) is 32.2 Å². The molecule has 0 aliphatic heterocycles. The van der Waals surface area contributed by atoms with Crippen LogP contribution in [0.25, 0.3) is 0 Å². The number of amides is 1. The number of fused-ring (bicyclic) bond motifs is 1. The molecule has 0 fully saturated rings. The Balaban J connectivity index is 1.81. The Morgan fingerprint density at radius 1 is 1.55 bits per heavy atom. The Bertz CT molecular complexity index is 651. The van der Waals surface area contributed by atoms with Crippen LogP contribution in [0.4, 0.5) is 0 Å². The molecule has 0 saturated carbocycles. The molecular formula is C15H15ClN2O2. The largest absolute Gasteiger partial charge is 0.469 e. The second kappa shape index (κ2) is 5.29. The first-order valence-electron chi connectivity index (χ1n) is 6.64. The maximum atomic E-state index is 12.3. The van der Waals surface area contributed by atoms with Gasteiger partial charge in [-0.1, -0.05) is 11.6 Å². The fourth-order valence-electron chi connectivity index (χ4n) is 2.57. The summed E-state index contributed by atoms with van der Waals surface area (Å²) in [6, 6.07) is 3.61. The molecule has 2 heterocycles. The first-order valence-corrected chi connectivity index (χ1v) is 7.02. The van der Waals surface area contributed by atoms with E-state index in [0.29, 0.717) is 10.6 Å². The molecule has 0 saturated heterocycles. The molecule has 0 bridgehead atoms. The highest BCUT2D eigenvalue weighted by atomic mass is 35.5. The number of hydrogen-bond donors (Lipinski definition) is 1. The van der Waals surface area contributed by atoms with Gasteiger partial charge < -0.3 is 9.73 Å². The first kappa shape index (κ1) is 13.2. The monoisotopic (exact) mass is 290 g/mol. The minimum atomic E-state index is -0.193. The lowest BCUT2D eigenvalue weighted by molar-refractivity contribution is 0.0932. The van der Waals surface area contributed by atoms with Crippen LogP contribution in [-0.4, -0.2) is 10.9 Å². The van der Waals surface area contributed by atoms with E-state index in [1.54, 1.807) is 12.3 Å². The van der Waals surface area contributed by atoms with Crippen molar-refractivity contribution in [2.75, 3.05) is 0 Å². The summed E-state index contributed by atoms with van der Waals surface area (Å²) in [5, 5.41) is 3.44. The van der Waals surface area contributed by atoms with Crippen molar-refractivity contribution < 1.29 is 9.21 Å². The summed E-state index contributed by atoms with van der Waals surface area (Å²) in [7, 11) is 0. The highest BCUT2D eigenvalue weighted by Crippen LogP contribution is 2.31. The van der Waals surface area contributed by atoms with Crippen molar-refractivity contribution in [2.24, 2.45) is 0 Å². The predicted octanol–water partition coefficient (Wildman–Crippen LogP) is 3.44. The Morgan fingerprint density at radius 3 is 3.20 bits per heavy atom. The highest BCUT2D eigenvalue weighted by Gasteiger charge is 2.25. The van der Waals surface area contributed by atoms with Gasteiger partial charge in [-0.25, -0.2) is 0 Å². The fraction of sp³-hybridized carbons (Fsp3) is 0.333. The molecule has 1 amide bonds. The summed E-state index contributed by atoms with van der Waals surface area (Å²) in [5.74, 6) is 0.774. The van der Waals surface area contributed by atoms with Gasteiger partial charge in [0.05, 0.1) is 22.9 Å². The van der Waals surface area contributed by atoms with E-state index < -0.39 is 0 Å². The number of aryl methyl sites for hydroxylation is 2. The molecule has 1 atom stereocenters. The van der Waals surface area contributed by atoms with E-state index in [1.807, 2.05) is 13.0 Å². The molecule has 20 heavy (non-hydrogen) atoms. The standard InChI is InChI=1S/C15H15ClN2O2/c1-9-7-12(16)11(8-17-9)15(19)18-13-3-2-4-14-10(13)5-6-20-14/h5-8,13H,2-4H2,1H3,(H,18,19). The quantitative estimate of drug-likeness (QED) is 0.922. The number of halogens is 1. The number of hydrogen-bond acceptors (Lipinski definition) is 3. The number of rotatable bonds is 2. The van der Waals surface area contributed by atoms with Crippen LogP contribution in [0.2, 0.25) is 5.02 Å². The molecule has 3 rings (SSSR count). The molecule has 0 aromatic carbocycles. The van der Waals surface area contributed by atoms with Gasteiger partial charge in [-0.15, -0.1) is 0 Å². The van der Waals surface area contributed by atoms with Gasteiger partial charge in [0.1, 0.15) is 5.76 Å². The summed E-state index contributed by atoms with van der Waals surface area (Å²) >= 11 is 6.10. The van der Waals surface area contributed by atoms with Crippen molar-refractivity contribution in [1.29, 1.82) is 0 Å². The first-order chi connectivity index (χ1) is 9.65. The molecule has 0 spiro atoms. The zero-order valence-corrected chi connectivity index (χ0v) is 11.9. The summed E-state index contributed by atoms with van der Waals surface area (Å²) < 4.78 is 5.42. The van der Waals surface area contributed by atoms with E-state index in [4.69, 9.17) is 16.0 Å². The van der Waals surface area contributed by atoms with E-state index in [-0.39, 0.29) is 11.9 Å². The van der Waals surface area contributed by atoms with Crippen molar-refractivity contribution in [3.8, 4) is 0 Å². The lowest BCUT2D eigenvalue weighted by Gasteiger charge is -2.22. The van der Waals surface area contributed by atoms with Gasteiger partial charge in [0, 0.05) is 23.9 Å². The van der Waals surface area contributed by atoms with Crippen LogP contribution in [0.5, 0.6) is 0 Å². The van der Waals surface area contributed by atoms with Gasteiger partial charge in [-0.3, -0.25) is 9.78 Å². The molecule has 1 aliphatic rings. The maximum Gasteiger partial charge on any atom is 0.254 e. The van der Waals surface area contributed by atoms with Gasteiger partial charge >= 0.3 is 0 Å². The van der Waals surface area contributed by atoms with Crippen LogP contribution < -0.4 is 5.32 Å². The van der Waals surface area contributed by atoms with E-state index >= 15 is 0 Å². The van der Waals surface area contributed by atoms with E-state index in [2.05, 4.69) is 10.3 Å². The summed E-state index contributed by atoms with van der Waals surface area (Å²) in [6.07, 6.45) is 6.05. The third-order valence-corrected chi connectivity index (χ3v) is 3.90. The summed E-state index contributed by atoms with van der Waals surface area (Å²) in [6.45, 7) is 1.84. The molecule has 4 nitrogen and oxygen atoms in total. The zero-order chi connectivity index (χ0) is 14.1. The average molecular weight is 291 g/mol. The van der Waals surface area contributed by atoms with Crippen LogP contribution in [-0.2, 0) is 6.42 Å². The Hall–Kier alpha value is -1.81. The topological polar surface area (TPSA) is 55.1 Å². The lowest BCUT2D eigenvalue weighted by Crippen LogP contribution is -2.30. The summed E-state index contributed by atoms with van der Waals surface area (Å²) in [4.78, 5) is 16.4. The molecule has 2 aromatic rings. The van der Waals surface area contributed by atoms with Crippen molar-refractivity contribution in [3.63, 3.8) is 0 Å². The molecule has 2 aromatic heterocycles. The van der Waals surface area contributed by atoms with Crippen molar-refractivity contribution >= 4 is 17.5 Å². The van der Waals surface area contributed by atoms with Crippen LogP contribution in [0, 0.1) is 6.92 Å².